The van der Waals surface area contributed by atoms with E-state index in [0.717, 1.165) is 17.8 Å². The van der Waals surface area contributed by atoms with E-state index >= 15 is 0 Å². The topological polar surface area (TPSA) is 120 Å². The molecule has 0 bridgehead atoms. The summed E-state index contributed by atoms with van der Waals surface area (Å²) in [4.78, 5) is 28.0. The van der Waals surface area contributed by atoms with Crippen molar-refractivity contribution in [3.8, 4) is 11.5 Å². The molecule has 192 valence electrons. The van der Waals surface area contributed by atoms with E-state index < -0.39 is 17.6 Å². The van der Waals surface area contributed by atoms with E-state index in [1.54, 1.807) is 42.6 Å². The molecular formula is C27H25F3N4O3. The summed E-state index contributed by atoms with van der Waals surface area (Å²) < 4.78 is 45.5. The van der Waals surface area contributed by atoms with E-state index in [1.165, 1.54) is 18.2 Å². The van der Waals surface area contributed by atoms with Gasteiger partial charge in [0.1, 0.15) is 11.5 Å². The van der Waals surface area contributed by atoms with Crippen molar-refractivity contribution in [3.63, 3.8) is 0 Å². The van der Waals surface area contributed by atoms with Gasteiger partial charge in [0.25, 0.3) is 0 Å². The number of halogens is 3. The van der Waals surface area contributed by atoms with Crippen LogP contribution in [-0.4, -0.2) is 23.3 Å². The molecule has 1 fully saturated rings. The standard InChI is InChI=1S/C27H25F3N4O3/c28-27(29,30)18-10-17(6-8-31)11-19(13-18)34-25(35)5-4-16-2-1-3-20(12-16)37-21-7-9-33-24(14-21)22-15-23(22)26(32)36/h1-5,7,9-14,22-23H,6,8,15,31H2,(H2,32,36)(H,34,35). The number of alkyl halides is 3. The van der Waals surface area contributed by atoms with Gasteiger partial charge in [0, 0.05) is 41.6 Å². The van der Waals surface area contributed by atoms with Gasteiger partial charge in [-0.25, -0.2) is 0 Å². The minimum Gasteiger partial charge on any atom is -0.457 e. The lowest BCUT2D eigenvalue weighted by atomic mass is 10.1. The Kier molecular flexibility index (Phi) is 7.58. The summed E-state index contributed by atoms with van der Waals surface area (Å²) in [6.45, 7) is 0.183. The summed E-state index contributed by atoms with van der Waals surface area (Å²) in [6.07, 6.45) is 0.726. The highest BCUT2D eigenvalue weighted by molar-refractivity contribution is 6.02. The molecule has 10 heteroatoms. The summed E-state index contributed by atoms with van der Waals surface area (Å²) >= 11 is 0. The second-order valence-electron chi connectivity index (χ2n) is 8.72. The van der Waals surface area contributed by atoms with Crippen LogP contribution >= 0.6 is 0 Å². The number of rotatable bonds is 9. The second kappa shape index (κ2) is 10.8. The lowest BCUT2D eigenvalue weighted by Gasteiger charge is -2.12. The summed E-state index contributed by atoms with van der Waals surface area (Å²) in [5, 5.41) is 2.47. The molecule has 0 saturated heterocycles. The van der Waals surface area contributed by atoms with Gasteiger partial charge < -0.3 is 21.5 Å². The van der Waals surface area contributed by atoms with Gasteiger partial charge in [0.2, 0.25) is 11.8 Å². The highest BCUT2D eigenvalue weighted by atomic mass is 19.4. The third-order valence-corrected chi connectivity index (χ3v) is 5.83. The molecule has 1 aliphatic rings. The van der Waals surface area contributed by atoms with Crippen LogP contribution in [0.5, 0.6) is 11.5 Å². The predicted octanol–water partition coefficient (Wildman–Crippen LogP) is 4.63. The van der Waals surface area contributed by atoms with Crippen LogP contribution in [0.3, 0.4) is 0 Å². The fourth-order valence-corrected chi connectivity index (χ4v) is 3.94. The van der Waals surface area contributed by atoms with Crippen LogP contribution in [0.2, 0.25) is 0 Å². The second-order valence-corrected chi connectivity index (χ2v) is 8.72. The molecule has 7 nitrogen and oxygen atoms in total. The normalized spacial score (nSPS) is 17.0. The SMILES string of the molecule is NCCc1cc(NC(=O)C=Cc2cccc(Oc3ccnc(C4CC4C(N)=O)c3)c2)cc(C(F)(F)F)c1. The Morgan fingerprint density at radius 3 is 2.59 bits per heavy atom. The van der Waals surface area contributed by atoms with Crippen LogP contribution < -0.4 is 21.5 Å². The Morgan fingerprint density at radius 1 is 1.11 bits per heavy atom. The van der Waals surface area contributed by atoms with Crippen molar-refractivity contribution in [2.24, 2.45) is 17.4 Å². The summed E-state index contributed by atoms with van der Waals surface area (Å²) in [6, 6.07) is 13.8. The first-order chi connectivity index (χ1) is 17.6. The average molecular weight is 511 g/mol. The predicted molar refractivity (Wildman–Crippen MR) is 133 cm³/mol. The van der Waals surface area contributed by atoms with Crippen molar-refractivity contribution >= 4 is 23.6 Å². The van der Waals surface area contributed by atoms with E-state index in [-0.39, 0.29) is 36.4 Å². The fourth-order valence-electron chi connectivity index (χ4n) is 3.94. The summed E-state index contributed by atoms with van der Waals surface area (Å²) in [7, 11) is 0. The van der Waals surface area contributed by atoms with Gasteiger partial charge in [-0.05, 0) is 73.0 Å². The number of anilines is 1. The van der Waals surface area contributed by atoms with Crippen LogP contribution in [0.4, 0.5) is 18.9 Å². The van der Waals surface area contributed by atoms with E-state index in [0.29, 0.717) is 29.0 Å². The number of nitrogens with one attached hydrogen (secondary N) is 1. The molecule has 37 heavy (non-hydrogen) atoms. The lowest BCUT2D eigenvalue weighted by molar-refractivity contribution is -0.137. The minimum absolute atomic E-state index is 0.00274. The number of hydrogen-bond donors (Lipinski definition) is 3. The molecule has 4 rings (SSSR count). The van der Waals surface area contributed by atoms with Crippen LogP contribution in [0, 0.1) is 5.92 Å². The number of nitrogens with zero attached hydrogens (tertiary/aromatic N) is 1. The lowest BCUT2D eigenvalue weighted by Crippen LogP contribution is -2.13. The Labute approximate surface area is 211 Å². The van der Waals surface area contributed by atoms with Crippen molar-refractivity contribution < 1.29 is 27.5 Å². The number of carbonyl (C=O) groups excluding carboxylic acids is 2. The van der Waals surface area contributed by atoms with Crippen molar-refractivity contribution in [2.45, 2.75) is 24.9 Å². The maximum absolute atomic E-state index is 13.2. The van der Waals surface area contributed by atoms with Gasteiger partial charge in [-0.3, -0.25) is 14.6 Å². The largest absolute Gasteiger partial charge is 0.457 e. The summed E-state index contributed by atoms with van der Waals surface area (Å²) in [5.41, 5.74) is 11.8. The molecule has 3 aromatic rings. The molecule has 5 N–H and O–H groups in total. The zero-order valence-electron chi connectivity index (χ0n) is 19.7. The zero-order valence-corrected chi connectivity index (χ0v) is 19.7. The number of benzene rings is 2. The van der Waals surface area contributed by atoms with E-state index in [2.05, 4.69) is 10.3 Å². The van der Waals surface area contributed by atoms with Crippen molar-refractivity contribution in [2.75, 3.05) is 11.9 Å². The zero-order chi connectivity index (χ0) is 26.6. The van der Waals surface area contributed by atoms with Crippen molar-refractivity contribution in [3.05, 3.63) is 89.3 Å². The molecule has 2 amide bonds. The number of carbonyl (C=O) groups is 2. The van der Waals surface area contributed by atoms with Crippen molar-refractivity contribution in [1.29, 1.82) is 0 Å². The molecule has 2 unspecified atom stereocenters. The number of amides is 2. The number of primary amides is 1. The highest BCUT2D eigenvalue weighted by Crippen LogP contribution is 2.47. The van der Waals surface area contributed by atoms with Crippen LogP contribution in [0.15, 0.2) is 66.9 Å². The van der Waals surface area contributed by atoms with Gasteiger partial charge in [-0.2, -0.15) is 13.2 Å². The van der Waals surface area contributed by atoms with Crippen LogP contribution in [0.25, 0.3) is 6.08 Å². The van der Waals surface area contributed by atoms with Gasteiger partial charge in [0.05, 0.1) is 5.56 Å². The molecule has 1 saturated carbocycles. The Bertz CT molecular complexity index is 1340. The van der Waals surface area contributed by atoms with Crippen LogP contribution in [-0.2, 0) is 22.2 Å². The molecule has 1 heterocycles. The Hall–Kier alpha value is -4.18. The molecule has 0 radical (unpaired) electrons. The number of hydrogen-bond acceptors (Lipinski definition) is 5. The number of ether oxygens (including phenoxy) is 1. The van der Waals surface area contributed by atoms with E-state index in [9.17, 15) is 22.8 Å². The van der Waals surface area contributed by atoms with Gasteiger partial charge in [0.15, 0.2) is 0 Å². The smallest absolute Gasteiger partial charge is 0.416 e. The fraction of sp³-hybridized carbons (Fsp3) is 0.222. The van der Waals surface area contributed by atoms with Gasteiger partial charge >= 0.3 is 6.18 Å². The van der Waals surface area contributed by atoms with Gasteiger partial charge in [-0.1, -0.05) is 12.1 Å². The monoisotopic (exact) mass is 510 g/mol. The minimum atomic E-state index is -4.54. The first-order valence-corrected chi connectivity index (χ1v) is 11.6. The van der Waals surface area contributed by atoms with E-state index in [1.807, 2.05) is 0 Å². The number of nitrogens with two attached hydrogens (primary N) is 2. The molecule has 1 aliphatic carbocycles. The molecule has 2 aromatic carbocycles. The third-order valence-electron chi connectivity index (χ3n) is 5.83. The maximum Gasteiger partial charge on any atom is 0.416 e. The van der Waals surface area contributed by atoms with E-state index in [4.69, 9.17) is 16.2 Å². The first kappa shape index (κ1) is 25.9. The molecule has 0 spiro atoms. The van der Waals surface area contributed by atoms with Gasteiger partial charge in [-0.15, -0.1) is 0 Å². The molecule has 0 aliphatic heterocycles. The maximum atomic E-state index is 13.2. The first-order valence-electron chi connectivity index (χ1n) is 11.6. The van der Waals surface area contributed by atoms with Crippen LogP contribution in [0.1, 0.15) is 34.7 Å². The summed E-state index contributed by atoms with van der Waals surface area (Å²) in [5.74, 6) is -0.0899. The third kappa shape index (κ3) is 6.95. The quantitative estimate of drug-likeness (QED) is 0.363. The number of aromatic nitrogens is 1. The van der Waals surface area contributed by atoms with Crippen molar-refractivity contribution in [1.82, 2.24) is 4.98 Å². The molecule has 1 aromatic heterocycles. The number of pyridine rings is 1. The molecular weight excluding hydrogens is 485 g/mol. The molecule has 2 atom stereocenters. The Morgan fingerprint density at radius 2 is 1.89 bits per heavy atom. The highest BCUT2D eigenvalue weighted by Gasteiger charge is 2.43. The average Bonchev–Trinajstić information content (AvgIpc) is 3.64. The Balaban J connectivity index is 1.42.